The molecule has 1 nitrogen and oxygen atoms in total. The second-order valence-corrected chi connectivity index (χ2v) is 4.69. The summed E-state index contributed by atoms with van der Waals surface area (Å²) in [6, 6.07) is 10.8. The Bertz CT molecular complexity index is 650. The van der Waals surface area contributed by atoms with Crippen LogP contribution in [0.5, 0.6) is 0 Å². The Morgan fingerprint density at radius 1 is 1.11 bits per heavy atom. The number of ketones is 1. The molecule has 19 heavy (non-hydrogen) atoms. The van der Waals surface area contributed by atoms with E-state index in [4.69, 9.17) is 23.2 Å². The maximum atomic E-state index is 13.4. The van der Waals surface area contributed by atoms with Gasteiger partial charge in [0, 0.05) is 16.1 Å². The van der Waals surface area contributed by atoms with Crippen LogP contribution in [0.2, 0.25) is 10.0 Å². The van der Waals surface area contributed by atoms with E-state index >= 15 is 0 Å². The topological polar surface area (TPSA) is 17.1 Å². The van der Waals surface area contributed by atoms with E-state index in [0.29, 0.717) is 21.2 Å². The Kier molecular flexibility index (Phi) is 4.35. The second-order valence-electron chi connectivity index (χ2n) is 3.84. The lowest BCUT2D eigenvalue weighted by atomic mass is 10.1. The van der Waals surface area contributed by atoms with E-state index in [1.54, 1.807) is 30.3 Å². The van der Waals surface area contributed by atoms with Crippen LogP contribution < -0.4 is 0 Å². The van der Waals surface area contributed by atoms with Crippen molar-refractivity contribution in [3.8, 4) is 0 Å². The van der Waals surface area contributed by atoms with E-state index in [-0.39, 0.29) is 11.6 Å². The Balaban J connectivity index is 2.26. The van der Waals surface area contributed by atoms with Crippen LogP contribution in [0.25, 0.3) is 6.08 Å². The molecule has 0 bridgehead atoms. The Labute approximate surface area is 120 Å². The van der Waals surface area contributed by atoms with Gasteiger partial charge >= 0.3 is 0 Å². The van der Waals surface area contributed by atoms with Gasteiger partial charge in [0.15, 0.2) is 5.78 Å². The number of benzene rings is 2. The molecule has 0 fully saturated rings. The average molecular weight is 295 g/mol. The lowest BCUT2D eigenvalue weighted by molar-refractivity contribution is 0.104. The maximum absolute atomic E-state index is 13.4. The van der Waals surface area contributed by atoms with Crippen LogP contribution in [0.4, 0.5) is 4.39 Å². The van der Waals surface area contributed by atoms with Gasteiger partial charge in [0.05, 0.1) is 5.02 Å². The minimum Gasteiger partial charge on any atom is -0.289 e. The highest BCUT2D eigenvalue weighted by Crippen LogP contribution is 2.21. The summed E-state index contributed by atoms with van der Waals surface area (Å²) in [5, 5.41) is 0.736. The maximum Gasteiger partial charge on any atom is 0.187 e. The van der Waals surface area contributed by atoms with Gasteiger partial charge in [0.2, 0.25) is 0 Å². The van der Waals surface area contributed by atoms with Gasteiger partial charge in [-0.25, -0.2) is 4.39 Å². The molecule has 0 aromatic heterocycles. The average Bonchev–Trinajstić information content (AvgIpc) is 2.40. The van der Waals surface area contributed by atoms with Gasteiger partial charge in [-0.2, -0.15) is 0 Å². The summed E-state index contributed by atoms with van der Waals surface area (Å²) >= 11 is 11.7. The molecule has 0 saturated heterocycles. The van der Waals surface area contributed by atoms with Crippen molar-refractivity contribution in [2.24, 2.45) is 0 Å². The molecule has 0 radical (unpaired) electrons. The lowest BCUT2D eigenvalue weighted by Gasteiger charge is -2.00. The van der Waals surface area contributed by atoms with Crippen LogP contribution in [0.1, 0.15) is 15.9 Å². The largest absolute Gasteiger partial charge is 0.289 e. The second kappa shape index (κ2) is 6.00. The summed E-state index contributed by atoms with van der Waals surface area (Å²) in [6.07, 6.45) is 2.69. The summed E-state index contributed by atoms with van der Waals surface area (Å²) in [7, 11) is 0. The molecule has 0 heterocycles. The van der Waals surface area contributed by atoms with Crippen molar-refractivity contribution in [2.45, 2.75) is 0 Å². The van der Waals surface area contributed by atoms with E-state index in [0.717, 1.165) is 0 Å². The summed E-state index contributed by atoms with van der Waals surface area (Å²) in [5.74, 6) is -0.709. The van der Waals surface area contributed by atoms with Crippen molar-refractivity contribution in [3.63, 3.8) is 0 Å². The first-order chi connectivity index (χ1) is 9.08. The highest BCUT2D eigenvalue weighted by Gasteiger charge is 2.08. The van der Waals surface area contributed by atoms with Crippen molar-refractivity contribution in [1.82, 2.24) is 0 Å². The number of carbonyl (C=O) groups is 1. The van der Waals surface area contributed by atoms with Crippen molar-refractivity contribution in [1.29, 1.82) is 0 Å². The molecule has 0 aliphatic heterocycles. The number of hydrogen-bond acceptors (Lipinski definition) is 1. The van der Waals surface area contributed by atoms with Crippen LogP contribution in [-0.4, -0.2) is 5.78 Å². The summed E-state index contributed by atoms with van der Waals surface area (Å²) < 4.78 is 13.4. The number of hydrogen-bond donors (Lipinski definition) is 0. The SMILES string of the molecule is O=C(C=Cc1ccccc1F)c1cc(Cl)ccc1Cl. The minimum atomic E-state index is -0.385. The van der Waals surface area contributed by atoms with E-state index in [9.17, 15) is 9.18 Å². The fourth-order valence-corrected chi connectivity index (χ4v) is 1.93. The van der Waals surface area contributed by atoms with Crippen molar-refractivity contribution >= 4 is 35.1 Å². The van der Waals surface area contributed by atoms with Crippen molar-refractivity contribution in [3.05, 3.63) is 75.5 Å². The summed E-state index contributed by atoms with van der Waals surface area (Å²) in [5.41, 5.74) is 0.635. The third kappa shape index (κ3) is 3.43. The van der Waals surface area contributed by atoms with Gasteiger partial charge in [-0.15, -0.1) is 0 Å². The van der Waals surface area contributed by atoms with E-state index in [2.05, 4.69) is 0 Å². The number of carbonyl (C=O) groups excluding carboxylic acids is 1. The van der Waals surface area contributed by atoms with Gasteiger partial charge in [-0.1, -0.05) is 41.4 Å². The molecular weight excluding hydrogens is 286 g/mol. The molecule has 0 amide bonds. The zero-order chi connectivity index (χ0) is 13.8. The Morgan fingerprint density at radius 3 is 2.58 bits per heavy atom. The van der Waals surface area contributed by atoms with Crippen LogP contribution in [0.15, 0.2) is 48.5 Å². The summed E-state index contributed by atoms with van der Waals surface area (Å²) in [6.45, 7) is 0. The third-order valence-corrected chi connectivity index (χ3v) is 3.08. The molecule has 2 aromatic rings. The molecular formula is C15H9Cl2FO. The van der Waals surface area contributed by atoms with Gasteiger partial charge in [-0.05, 0) is 36.4 Å². The van der Waals surface area contributed by atoms with Crippen molar-refractivity contribution < 1.29 is 9.18 Å². The fraction of sp³-hybridized carbons (Fsp3) is 0. The molecule has 96 valence electrons. The first kappa shape index (κ1) is 13.8. The van der Waals surface area contributed by atoms with Gasteiger partial charge < -0.3 is 0 Å². The lowest BCUT2D eigenvalue weighted by Crippen LogP contribution is -1.95. The molecule has 0 saturated carbocycles. The van der Waals surface area contributed by atoms with Gasteiger partial charge in [0.1, 0.15) is 5.82 Å². The van der Waals surface area contributed by atoms with Crippen LogP contribution in [0, 0.1) is 5.82 Å². The molecule has 0 spiro atoms. The normalized spacial score (nSPS) is 10.9. The predicted molar refractivity (Wildman–Crippen MR) is 76.2 cm³/mol. The molecule has 2 rings (SSSR count). The van der Waals surface area contributed by atoms with Gasteiger partial charge in [-0.3, -0.25) is 4.79 Å². The quantitative estimate of drug-likeness (QED) is 0.573. The van der Waals surface area contributed by atoms with E-state index in [1.165, 1.54) is 24.3 Å². The molecule has 0 N–H and O–H groups in total. The Morgan fingerprint density at radius 2 is 1.84 bits per heavy atom. The molecule has 0 aliphatic carbocycles. The predicted octanol–water partition coefficient (Wildman–Crippen LogP) is 5.03. The molecule has 2 aromatic carbocycles. The summed E-state index contributed by atoms with van der Waals surface area (Å²) in [4.78, 5) is 12.0. The van der Waals surface area contributed by atoms with Crippen LogP contribution in [0.3, 0.4) is 0 Å². The first-order valence-electron chi connectivity index (χ1n) is 5.50. The molecule has 4 heteroatoms. The number of halogens is 3. The van der Waals surface area contributed by atoms with Crippen LogP contribution >= 0.6 is 23.2 Å². The van der Waals surface area contributed by atoms with Crippen molar-refractivity contribution in [2.75, 3.05) is 0 Å². The molecule has 0 unspecified atom stereocenters. The van der Waals surface area contributed by atoms with E-state index < -0.39 is 0 Å². The zero-order valence-corrected chi connectivity index (χ0v) is 11.3. The molecule has 0 atom stereocenters. The zero-order valence-electron chi connectivity index (χ0n) is 9.74. The standard InChI is InChI=1S/C15H9Cl2FO/c16-11-6-7-13(17)12(9-11)15(19)8-5-10-3-1-2-4-14(10)18/h1-9H. The smallest absolute Gasteiger partial charge is 0.187 e. The first-order valence-corrected chi connectivity index (χ1v) is 6.25. The Hall–Kier alpha value is -1.64. The fourth-order valence-electron chi connectivity index (χ4n) is 1.55. The third-order valence-electron chi connectivity index (χ3n) is 2.51. The monoisotopic (exact) mass is 294 g/mol. The van der Waals surface area contributed by atoms with Crippen LogP contribution in [-0.2, 0) is 0 Å². The van der Waals surface area contributed by atoms with E-state index in [1.807, 2.05) is 0 Å². The van der Waals surface area contributed by atoms with Gasteiger partial charge in [0.25, 0.3) is 0 Å². The number of allylic oxidation sites excluding steroid dienone is 1. The highest BCUT2D eigenvalue weighted by molar-refractivity contribution is 6.36. The molecule has 0 aliphatic rings. The number of rotatable bonds is 3. The minimum absolute atomic E-state index is 0.293. The highest BCUT2D eigenvalue weighted by atomic mass is 35.5.